The van der Waals surface area contributed by atoms with Gasteiger partial charge in [-0.2, -0.15) is 0 Å². The molecule has 0 radical (unpaired) electrons. The maximum absolute atomic E-state index is 4.37. The second-order valence-electron chi connectivity index (χ2n) is 5.23. The van der Waals surface area contributed by atoms with Crippen LogP contribution in [0.15, 0.2) is 36.0 Å². The van der Waals surface area contributed by atoms with Gasteiger partial charge in [-0.3, -0.25) is 4.98 Å². The Morgan fingerprint density at radius 3 is 2.80 bits per heavy atom. The van der Waals surface area contributed by atoms with E-state index >= 15 is 0 Å². The maximum Gasteiger partial charge on any atom is 0.0444 e. The summed E-state index contributed by atoms with van der Waals surface area (Å²) in [6, 6.07) is 6.15. The van der Waals surface area contributed by atoms with Crippen molar-refractivity contribution in [3.05, 3.63) is 41.7 Å². The van der Waals surface area contributed by atoms with Crippen LogP contribution in [0, 0.1) is 5.41 Å². The van der Waals surface area contributed by atoms with Crippen LogP contribution in [-0.2, 0) is 6.42 Å². The zero-order valence-corrected chi connectivity index (χ0v) is 9.66. The molecule has 0 N–H and O–H groups in total. The van der Waals surface area contributed by atoms with Crippen LogP contribution in [0.1, 0.15) is 38.8 Å². The molecular weight excluding hydrogens is 182 g/mol. The third-order valence-electron chi connectivity index (χ3n) is 3.20. The third kappa shape index (κ3) is 2.92. The van der Waals surface area contributed by atoms with E-state index in [2.05, 4.69) is 37.0 Å². The lowest BCUT2D eigenvalue weighted by atomic mass is 9.77. The first-order valence-electron chi connectivity index (χ1n) is 5.74. The van der Waals surface area contributed by atoms with Gasteiger partial charge in [0.05, 0.1) is 0 Å². The molecule has 2 rings (SSSR count). The average molecular weight is 201 g/mol. The highest BCUT2D eigenvalue weighted by atomic mass is 14.7. The summed E-state index contributed by atoms with van der Waals surface area (Å²) in [6.07, 6.45) is 9.10. The topological polar surface area (TPSA) is 12.9 Å². The van der Waals surface area contributed by atoms with Crippen molar-refractivity contribution in [1.29, 1.82) is 0 Å². The van der Waals surface area contributed by atoms with E-state index in [9.17, 15) is 0 Å². The Hall–Kier alpha value is -1.11. The summed E-state index contributed by atoms with van der Waals surface area (Å²) >= 11 is 0. The Morgan fingerprint density at radius 2 is 2.20 bits per heavy atom. The Bertz CT molecular complexity index is 349. The summed E-state index contributed by atoms with van der Waals surface area (Å²) in [4.78, 5) is 4.37. The molecule has 0 aliphatic heterocycles. The van der Waals surface area contributed by atoms with Gasteiger partial charge < -0.3 is 0 Å². The van der Waals surface area contributed by atoms with Gasteiger partial charge in [-0.1, -0.05) is 31.6 Å². The summed E-state index contributed by atoms with van der Waals surface area (Å²) < 4.78 is 0. The molecule has 15 heavy (non-hydrogen) atoms. The third-order valence-corrected chi connectivity index (χ3v) is 3.20. The standard InChI is InChI=1S/C14H19N/c1-14(2)8-6-12(7-9-14)11-13-5-3-4-10-15-13/h3-6,10H,7-9,11H2,1-2H3. The van der Waals surface area contributed by atoms with E-state index in [-0.39, 0.29) is 0 Å². The maximum atomic E-state index is 4.37. The molecule has 1 aliphatic rings. The van der Waals surface area contributed by atoms with Crippen molar-refractivity contribution in [3.63, 3.8) is 0 Å². The molecule has 1 heteroatoms. The highest BCUT2D eigenvalue weighted by Gasteiger charge is 2.21. The monoisotopic (exact) mass is 201 g/mol. The normalized spacial score (nSPS) is 19.7. The van der Waals surface area contributed by atoms with Gasteiger partial charge in [-0.05, 0) is 36.8 Å². The van der Waals surface area contributed by atoms with Gasteiger partial charge in [0.25, 0.3) is 0 Å². The quantitative estimate of drug-likeness (QED) is 0.664. The molecule has 1 aromatic rings. The molecule has 0 fully saturated rings. The van der Waals surface area contributed by atoms with Gasteiger partial charge >= 0.3 is 0 Å². The second kappa shape index (κ2) is 4.18. The lowest BCUT2D eigenvalue weighted by molar-refractivity contribution is 0.323. The van der Waals surface area contributed by atoms with E-state index in [0.29, 0.717) is 5.41 Å². The molecule has 1 aromatic heterocycles. The first-order chi connectivity index (χ1) is 7.16. The zero-order valence-electron chi connectivity index (χ0n) is 9.66. The van der Waals surface area contributed by atoms with Crippen molar-refractivity contribution >= 4 is 0 Å². The van der Waals surface area contributed by atoms with E-state index in [1.165, 1.54) is 25.0 Å². The molecule has 0 amide bonds. The number of hydrogen-bond acceptors (Lipinski definition) is 1. The summed E-state index contributed by atoms with van der Waals surface area (Å²) in [5, 5.41) is 0. The number of aromatic nitrogens is 1. The van der Waals surface area contributed by atoms with Crippen molar-refractivity contribution < 1.29 is 0 Å². The smallest absolute Gasteiger partial charge is 0.0444 e. The minimum Gasteiger partial charge on any atom is -0.261 e. The van der Waals surface area contributed by atoms with Gasteiger partial charge in [0, 0.05) is 18.3 Å². The minimum absolute atomic E-state index is 0.508. The zero-order chi connectivity index (χ0) is 10.7. The highest BCUT2D eigenvalue weighted by molar-refractivity contribution is 5.17. The fourth-order valence-electron chi connectivity index (χ4n) is 2.02. The molecule has 0 bridgehead atoms. The molecule has 0 saturated heterocycles. The molecule has 0 saturated carbocycles. The lowest BCUT2D eigenvalue weighted by Crippen LogP contribution is -2.15. The Labute approximate surface area is 92.2 Å². The summed E-state index contributed by atoms with van der Waals surface area (Å²) in [5.41, 5.74) is 3.27. The van der Waals surface area contributed by atoms with Crippen molar-refractivity contribution in [3.8, 4) is 0 Å². The van der Waals surface area contributed by atoms with E-state index < -0.39 is 0 Å². The fourth-order valence-corrected chi connectivity index (χ4v) is 2.02. The number of nitrogens with zero attached hydrogens (tertiary/aromatic N) is 1. The minimum atomic E-state index is 0.508. The highest BCUT2D eigenvalue weighted by Crippen LogP contribution is 2.34. The number of pyridine rings is 1. The lowest BCUT2D eigenvalue weighted by Gasteiger charge is -2.28. The molecule has 1 aliphatic carbocycles. The SMILES string of the molecule is CC1(C)CC=C(Cc2ccccn2)CC1. The molecule has 0 atom stereocenters. The molecule has 0 spiro atoms. The summed E-state index contributed by atoms with van der Waals surface area (Å²) in [7, 11) is 0. The summed E-state index contributed by atoms with van der Waals surface area (Å²) in [6.45, 7) is 4.70. The van der Waals surface area contributed by atoms with Crippen LogP contribution in [-0.4, -0.2) is 4.98 Å². The van der Waals surface area contributed by atoms with E-state index in [0.717, 1.165) is 6.42 Å². The Kier molecular flexibility index (Phi) is 2.90. The van der Waals surface area contributed by atoms with Crippen LogP contribution in [0.5, 0.6) is 0 Å². The largest absolute Gasteiger partial charge is 0.261 e. The number of rotatable bonds is 2. The van der Waals surface area contributed by atoms with Gasteiger partial charge in [-0.25, -0.2) is 0 Å². The first-order valence-corrected chi connectivity index (χ1v) is 5.74. The Morgan fingerprint density at radius 1 is 1.33 bits per heavy atom. The Balaban J connectivity index is 2.00. The van der Waals surface area contributed by atoms with Gasteiger partial charge in [-0.15, -0.1) is 0 Å². The van der Waals surface area contributed by atoms with E-state index in [1.807, 2.05) is 12.3 Å². The molecule has 1 heterocycles. The van der Waals surface area contributed by atoms with Gasteiger partial charge in [0.1, 0.15) is 0 Å². The predicted molar refractivity (Wildman–Crippen MR) is 63.7 cm³/mol. The molecular formula is C14H19N. The molecule has 0 aromatic carbocycles. The first kappa shape index (κ1) is 10.4. The molecule has 0 unspecified atom stereocenters. The number of allylic oxidation sites excluding steroid dienone is 2. The number of hydrogen-bond donors (Lipinski definition) is 0. The van der Waals surface area contributed by atoms with Crippen molar-refractivity contribution in [2.75, 3.05) is 0 Å². The van der Waals surface area contributed by atoms with Gasteiger partial charge in [0.2, 0.25) is 0 Å². The average Bonchev–Trinajstić information content (AvgIpc) is 2.23. The van der Waals surface area contributed by atoms with E-state index in [1.54, 1.807) is 5.57 Å². The van der Waals surface area contributed by atoms with Gasteiger partial charge in [0.15, 0.2) is 0 Å². The molecule has 1 nitrogen and oxygen atoms in total. The van der Waals surface area contributed by atoms with Crippen LogP contribution in [0.2, 0.25) is 0 Å². The summed E-state index contributed by atoms with van der Waals surface area (Å²) in [5.74, 6) is 0. The van der Waals surface area contributed by atoms with E-state index in [4.69, 9.17) is 0 Å². The van der Waals surface area contributed by atoms with Crippen LogP contribution in [0.3, 0.4) is 0 Å². The fraction of sp³-hybridized carbons (Fsp3) is 0.500. The van der Waals surface area contributed by atoms with Crippen LogP contribution < -0.4 is 0 Å². The van der Waals surface area contributed by atoms with Crippen LogP contribution in [0.25, 0.3) is 0 Å². The predicted octanol–water partition coefficient (Wildman–Crippen LogP) is 3.76. The van der Waals surface area contributed by atoms with Crippen molar-refractivity contribution in [2.45, 2.75) is 39.5 Å². The van der Waals surface area contributed by atoms with Crippen LogP contribution >= 0.6 is 0 Å². The van der Waals surface area contributed by atoms with Crippen molar-refractivity contribution in [2.24, 2.45) is 5.41 Å². The second-order valence-corrected chi connectivity index (χ2v) is 5.23. The van der Waals surface area contributed by atoms with Crippen LogP contribution in [0.4, 0.5) is 0 Å². The van der Waals surface area contributed by atoms with Crippen molar-refractivity contribution in [1.82, 2.24) is 4.98 Å². The molecule has 80 valence electrons.